The van der Waals surface area contributed by atoms with Crippen LogP contribution in [0.5, 0.6) is 5.75 Å². The molecule has 0 spiro atoms. The van der Waals surface area contributed by atoms with Crippen LogP contribution in [-0.4, -0.2) is 39.4 Å². The summed E-state index contributed by atoms with van der Waals surface area (Å²) < 4.78 is 10.6. The molecular formula is C20H33N3O2. The third-order valence-corrected chi connectivity index (χ3v) is 4.88. The van der Waals surface area contributed by atoms with Gasteiger partial charge in [0.25, 0.3) is 0 Å². The van der Waals surface area contributed by atoms with Crippen LogP contribution in [0, 0.1) is 5.41 Å². The van der Waals surface area contributed by atoms with E-state index in [0.717, 1.165) is 44.4 Å². The second kappa shape index (κ2) is 10.3. The molecule has 0 atom stereocenters. The molecule has 0 amide bonds. The minimum absolute atomic E-state index is 0.494. The topological polar surface area (TPSA) is 54.9 Å². The minimum atomic E-state index is 0.494. The lowest BCUT2D eigenvalue weighted by molar-refractivity contribution is 0.145. The van der Waals surface area contributed by atoms with Crippen molar-refractivity contribution in [2.24, 2.45) is 10.4 Å². The van der Waals surface area contributed by atoms with Crippen molar-refractivity contribution in [1.82, 2.24) is 10.6 Å². The zero-order valence-electron chi connectivity index (χ0n) is 15.9. The fourth-order valence-corrected chi connectivity index (χ4v) is 2.70. The summed E-state index contributed by atoms with van der Waals surface area (Å²) >= 11 is 0. The molecule has 5 nitrogen and oxygen atoms in total. The Morgan fingerprint density at radius 2 is 1.92 bits per heavy atom. The third kappa shape index (κ3) is 6.94. The largest absolute Gasteiger partial charge is 0.497 e. The van der Waals surface area contributed by atoms with Gasteiger partial charge in [0.05, 0.1) is 13.7 Å². The Balaban J connectivity index is 1.86. The first-order chi connectivity index (χ1) is 12.2. The Bertz CT molecular complexity index is 524. The summed E-state index contributed by atoms with van der Waals surface area (Å²) in [4.78, 5) is 4.75. The zero-order valence-corrected chi connectivity index (χ0v) is 15.9. The first-order valence-electron chi connectivity index (χ1n) is 9.44. The van der Waals surface area contributed by atoms with Gasteiger partial charge in [0.15, 0.2) is 5.96 Å². The second-order valence-corrected chi connectivity index (χ2v) is 6.70. The molecule has 0 aliphatic heterocycles. The van der Waals surface area contributed by atoms with Crippen LogP contribution >= 0.6 is 0 Å². The predicted molar refractivity (Wildman–Crippen MR) is 103 cm³/mol. The highest BCUT2D eigenvalue weighted by atomic mass is 16.5. The number of aliphatic imine (C=N–C) groups is 1. The highest BCUT2D eigenvalue weighted by Gasteiger charge is 2.40. The summed E-state index contributed by atoms with van der Waals surface area (Å²) in [7, 11) is 1.68. The van der Waals surface area contributed by atoms with Crippen LogP contribution in [0.25, 0.3) is 0 Å². The maximum absolute atomic E-state index is 5.40. The van der Waals surface area contributed by atoms with E-state index in [4.69, 9.17) is 14.5 Å². The summed E-state index contributed by atoms with van der Waals surface area (Å²) in [5.74, 6) is 1.77. The SMILES string of the molecule is CCOCCCNC(=NCc1ccc(OC)cc1)NCC1(CC)CC1. The number of nitrogens with zero attached hydrogens (tertiary/aromatic N) is 1. The number of methoxy groups -OCH3 is 1. The van der Waals surface area contributed by atoms with Crippen molar-refractivity contribution in [3.8, 4) is 5.75 Å². The van der Waals surface area contributed by atoms with E-state index in [2.05, 4.69) is 29.7 Å². The molecule has 1 aliphatic rings. The van der Waals surface area contributed by atoms with Gasteiger partial charge in [-0.05, 0) is 55.7 Å². The highest BCUT2D eigenvalue weighted by Crippen LogP contribution is 2.47. The van der Waals surface area contributed by atoms with Crippen molar-refractivity contribution in [2.75, 3.05) is 33.4 Å². The fourth-order valence-electron chi connectivity index (χ4n) is 2.70. The van der Waals surface area contributed by atoms with Gasteiger partial charge in [0.2, 0.25) is 0 Å². The Hall–Kier alpha value is -1.75. The molecule has 1 fully saturated rings. The Morgan fingerprint density at radius 3 is 2.52 bits per heavy atom. The molecular weight excluding hydrogens is 314 g/mol. The molecule has 0 heterocycles. The van der Waals surface area contributed by atoms with Gasteiger partial charge >= 0.3 is 0 Å². The first-order valence-corrected chi connectivity index (χ1v) is 9.44. The molecule has 1 saturated carbocycles. The second-order valence-electron chi connectivity index (χ2n) is 6.70. The lowest BCUT2D eigenvalue weighted by Gasteiger charge is -2.17. The maximum atomic E-state index is 5.40. The average molecular weight is 348 g/mol. The van der Waals surface area contributed by atoms with E-state index in [1.807, 2.05) is 19.1 Å². The molecule has 1 aromatic carbocycles. The Kier molecular flexibility index (Phi) is 8.06. The molecule has 0 radical (unpaired) electrons. The summed E-state index contributed by atoms with van der Waals surface area (Å²) in [6.07, 6.45) is 4.87. The number of hydrogen-bond acceptors (Lipinski definition) is 3. The smallest absolute Gasteiger partial charge is 0.191 e. The number of hydrogen-bond donors (Lipinski definition) is 2. The molecule has 2 rings (SSSR count). The van der Waals surface area contributed by atoms with Crippen LogP contribution < -0.4 is 15.4 Å². The molecule has 0 aromatic heterocycles. The van der Waals surface area contributed by atoms with Crippen molar-refractivity contribution >= 4 is 5.96 Å². The summed E-state index contributed by atoms with van der Waals surface area (Å²) in [5.41, 5.74) is 1.67. The van der Waals surface area contributed by atoms with E-state index < -0.39 is 0 Å². The normalized spacial score (nSPS) is 15.7. The molecule has 5 heteroatoms. The van der Waals surface area contributed by atoms with Gasteiger partial charge in [-0.2, -0.15) is 0 Å². The van der Waals surface area contributed by atoms with E-state index in [0.29, 0.717) is 12.0 Å². The van der Waals surface area contributed by atoms with Gasteiger partial charge in [-0.25, -0.2) is 4.99 Å². The summed E-state index contributed by atoms with van der Waals surface area (Å²) in [6, 6.07) is 8.07. The fraction of sp³-hybridized carbons (Fsp3) is 0.650. The summed E-state index contributed by atoms with van der Waals surface area (Å²) in [5, 5.41) is 6.96. The van der Waals surface area contributed by atoms with Crippen molar-refractivity contribution in [2.45, 2.75) is 46.1 Å². The van der Waals surface area contributed by atoms with Gasteiger partial charge in [-0.3, -0.25) is 0 Å². The van der Waals surface area contributed by atoms with Crippen molar-refractivity contribution in [1.29, 1.82) is 0 Å². The molecule has 0 unspecified atom stereocenters. The first kappa shape index (κ1) is 19.6. The highest BCUT2D eigenvalue weighted by molar-refractivity contribution is 5.79. The number of ether oxygens (including phenoxy) is 2. The standard InChI is InChI=1S/C20H33N3O2/c1-4-20(11-12-20)16-23-19(21-13-6-14-25-5-2)22-15-17-7-9-18(24-3)10-8-17/h7-10H,4-6,11-16H2,1-3H3,(H2,21,22,23). The zero-order chi connectivity index (χ0) is 18.0. The molecule has 0 bridgehead atoms. The lowest BCUT2D eigenvalue weighted by atomic mass is 10.0. The monoisotopic (exact) mass is 347 g/mol. The number of guanidine groups is 1. The van der Waals surface area contributed by atoms with Crippen LogP contribution in [-0.2, 0) is 11.3 Å². The molecule has 1 aromatic rings. The third-order valence-electron chi connectivity index (χ3n) is 4.88. The van der Waals surface area contributed by atoms with Crippen LogP contribution in [0.3, 0.4) is 0 Å². The van der Waals surface area contributed by atoms with Gasteiger partial charge in [-0.1, -0.05) is 19.1 Å². The van der Waals surface area contributed by atoms with Crippen LogP contribution in [0.1, 0.15) is 45.1 Å². The summed E-state index contributed by atoms with van der Waals surface area (Å²) in [6.45, 7) is 8.39. The molecule has 1 aliphatic carbocycles. The van der Waals surface area contributed by atoms with Crippen molar-refractivity contribution in [3.63, 3.8) is 0 Å². The molecule has 25 heavy (non-hydrogen) atoms. The van der Waals surface area contributed by atoms with E-state index in [9.17, 15) is 0 Å². The maximum Gasteiger partial charge on any atom is 0.191 e. The Labute approximate surface area is 152 Å². The van der Waals surface area contributed by atoms with Gasteiger partial charge in [-0.15, -0.1) is 0 Å². The molecule has 0 saturated heterocycles. The van der Waals surface area contributed by atoms with Gasteiger partial charge in [0.1, 0.15) is 5.75 Å². The number of benzene rings is 1. The van der Waals surface area contributed by atoms with E-state index in [-0.39, 0.29) is 0 Å². The van der Waals surface area contributed by atoms with Crippen molar-refractivity contribution in [3.05, 3.63) is 29.8 Å². The number of rotatable bonds is 11. The number of nitrogens with one attached hydrogen (secondary N) is 2. The van der Waals surface area contributed by atoms with E-state index in [1.165, 1.54) is 24.8 Å². The predicted octanol–water partition coefficient (Wildman–Crippen LogP) is 3.35. The average Bonchev–Trinajstić information content (AvgIpc) is 3.44. The Morgan fingerprint density at radius 1 is 1.16 bits per heavy atom. The van der Waals surface area contributed by atoms with E-state index >= 15 is 0 Å². The molecule has 2 N–H and O–H groups in total. The van der Waals surface area contributed by atoms with E-state index in [1.54, 1.807) is 7.11 Å². The quantitative estimate of drug-likeness (QED) is 0.366. The van der Waals surface area contributed by atoms with Gasteiger partial charge in [0, 0.05) is 26.3 Å². The van der Waals surface area contributed by atoms with Crippen LogP contribution in [0.15, 0.2) is 29.3 Å². The minimum Gasteiger partial charge on any atom is -0.497 e. The van der Waals surface area contributed by atoms with Crippen LogP contribution in [0.2, 0.25) is 0 Å². The van der Waals surface area contributed by atoms with Crippen LogP contribution in [0.4, 0.5) is 0 Å². The molecule has 140 valence electrons. The van der Waals surface area contributed by atoms with Crippen molar-refractivity contribution < 1.29 is 9.47 Å². The van der Waals surface area contributed by atoms with Gasteiger partial charge < -0.3 is 20.1 Å². The lowest BCUT2D eigenvalue weighted by Crippen LogP contribution is -2.41.